The molecule has 1 heterocycles. The SMILES string of the molecule is COC(=O)c1ccc(N(CCN2CCN(C)CC2)S(C)(=O)=O)c(OCC2CC2)c1. The molecule has 1 aromatic rings. The molecule has 8 nitrogen and oxygen atoms in total. The van der Waals surface area contributed by atoms with Crippen LogP contribution >= 0.6 is 0 Å². The number of methoxy groups -OCH3 is 1. The second-order valence-corrected chi connectivity index (χ2v) is 9.82. The molecule has 2 fully saturated rings. The molecule has 1 aliphatic carbocycles. The van der Waals surface area contributed by atoms with Crippen molar-refractivity contribution in [3.8, 4) is 5.75 Å². The van der Waals surface area contributed by atoms with E-state index in [0.29, 0.717) is 42.6 Å². The van der Waals surface area contributed by atoms with Gasteiger partial charge in [0.1, 0.15) is 5.75 Å². The van der Waals surface area contributed by atoms with E-state index in [1.165, 1.54) is 17.7 Å². The third-order valence-electron chi connectivity index (χ3n) is 5.44. The highest BCUT2D eigenvalue weighted by Crippen LogP contribution is 2.35. The molecule has 0 atom stereocenters. The first-order valence-corrected chi connectivity index (χ1v) is 11.9. The fraction of sp³-hybridized carbons (Fsp3) is 0.650. The molecular weight excluding hydrogens is 394 g/mol. The summed E-state index contributed by atoms with van der Waals surface area (Å²) in [6, 6.07) is 4.80. The fourth-order valence-corrected chi connectivity index (χ4v) is 4.26. The van der Waals surface area contributed by atoms with E-state index in [0.717, 1.165) is 39.0 Å². The molecule has 2 aliphatic rings. The summed E-state index contributed by atoms with van der Waals surface area (Å²) >= 11 is 0. The van der Waals surface area contributed by atoms with Gasteiger partial charge in [-0.1, -0.05) is 0 Å². The van der Waals surface area contributed by atoms with Crippen molar-refractivity contribution in [2.24, 2.45) is 5.92 Å². The Morgan fingerprint density at radius 3 is 2.48 bits per heavy atom. The fourth-order valence-electron chi connectivity index (χ4n) is 3.34. The minimum Gasteiger partial charge on any atom is -0.491 e. The second-order valence-electron chi connectivity index (χ2n) is 7.91. The van der Waals surface area contributed by atoms with Crippen LogP contribution in [0.3, 0.4) is 0 Å². The van der Waals surface area contributed by atoms with Crippen molar-refractivity contribution in [1.82, 2.24) is 9.80 Å². The van der Waals surface area contributed by atoms with Gasteiger partial charge in [0.05, 0.1) is 31.2 Å². The second kappa shape index (κ2) is 9.32. The van der Waals surface area contributed by atoms with Crippen molar-refractivity contribution in [1.29, 1.82) is 0 Å². The van der Waals surface area contributed by atoms with Gasteiger partial charge in [0.25, 0.3) is 0 Å². The van der Waals surface area contributed by atoms with Gasteiger partial charge in [-0.3, -0.25) is 9.21 Å². The molecule has 9 heteroatoms. The number of carbonyl (C=O) groups is 1. The zero-order chi connectivity index (χ0) is 21.0. The molecule has 0 aromatic heterocycles. The first-order valence-electron chi connectivity index (χ1n) is 10.0. The molecule has 162 valence electrons. The van der Waals surface area contributed by atoms with Crippen molar-refractivity contribution >= 4 is 21.7 Å². The zero-order valence-corrected chi connectivity index (χ0v) is 18.3. The van der Waals surface area contributed by atoms with Gasteiger partial charge in [0.15, 0.2) is 0 Å². The maximum absolute atomic E-state index is 12.6. The van der Waals surface area contributed by atoms with Gasteiger partial charge in [0.2, 0.25) is 10.0 Å². The Morgan fingerprint density at radius 1 is 1.21 bits per heavy atom. The minimum atomic E-state index is -3.51. The molecule has 1 aromatic carbocycles. The van der Waals surface area contributed by atoms with E-state index in [2.05, 4.69) is 16.8 Å². The van der Waals surface area contributed by atoms with Crippen molar-refractivity contribution in [2.45, 2.75) is 12.8 Å². The van der Waals surface area contributed by atoms with Gasteiger partial charge in [0, 0.05) is 39.3 Å². The lowest BCUT2D eigenvalue weighted by molar-refractivity contribution is 0.0600. The Morgan fingerprint density at radius 2 is 1.90 bits per heavy atom. The number of anilines is 1. The van der Waals surface area contributed by atoms with Crippen LogP contribution in [0.5, 0.6) is 5.75 Å². The van der Waals surface area contributed by atoms with Crippen molar-refractivity contribution in [2.75, 3.05) is 70.6 Å². The van der Waals surface area contributed by atoms with Gasteiger partial charge in [-0.05, 0) is 44.0 Å². The van der Waals surface area contributed by atoms with Crippen LogP contribution in [0.25, 0.3) is 0 Å². The number of sulfonamides is 1. The molecule has 0 amide bonds. The summed E-state index contributed by atoms with van der Waals surface area (Å²) in [5.41, 5.74) is 0.810. The van der Waals surface area contributed by atoms with Crippen molar-refractivity contribution in [3.63, 3.8) is 0 Å². The molecule has 0 N–H and O–H groups in total. The summed E-state index contributed by atoms with van der Waals surface area (Å²) in [5.74, 6) is 0.432. The summed E-state index contributed by atoms with van der Waals surface area (Å²) in [4.78, 5) is 16.5. The third kappa shape index (κ3) is 6.07. The highest BCUT2D eigenvalue weighted by Gasteiger charge is 2.27. The monoisotopic (exact) mass is 425 g/mol. The Balaban J connectivity index is 1.81. The standard InChI is InChI=1S/C20H31N3O5S/c1-21-8-10-22(11-9-21)12-13-23(29(3,25)26)18-7-6-17(20(24)27-2)14-19(18)28-15-16-4-5-16/h6-7,14,16H,4-5,8-13,15H2,1-3H3. The maximum Gasteiger partial charge on any atom is 0.337 e. The number of nitrogens with zero attached hydrogens (tertiary/aromatic N) is 3. The summed E-state index contributed by atoms with van der Waals surface area (Å²) in [7, 11) is -0.105. The molecule has 0 spiro atoms. The number of ether oxygens (including phenoxy) is 2. The third-order valence-corrected chi connectivity index (χ3v) is 6.62. The van der Waals surface area contributed by atoms with E-state index < -0.39 is 16.0 Å². The van der Waals surface area contributed by atoms with Gasteiger partial charge >= 0.3 is 5.97 Å². The van der Waals surface area contributed by atoms with Crippen LogP contribution in [0.1, 0.15) is 23.2 Å². The van der Waals surface area contributed by atoms with Crippen LogP contribution < -0.4 is 9.04 Å². The number of likely N-dealkylation sites (N-methyl/N-ethyl adjacent to an activating group) is 1. The minimum absolute atomic E-state index is 0.333. The van der Waals surface area contributed by atoms with E-state index in [-0.39, 0.29) is 0 Å². The summed E-state index contributed by atoms with van der Waals surface area (Å²) in [6.07, 6.45) is 3.44. The van der Waals surface area contributed by atoms with Crippen molar-refractivity contribution in [3.05, 3.63) is 23.8 Å². The summed E-state index contributed by atoms with van der Waals surface area (Å²) in [6.45, 7) is 5.28. The molecule has 0 radical (unpaired) electrons. The van der Waals surface area contributed by atoms with Gasteiger partial charge in [-0.25, -0.2) is 13.2 Å². The molecule has 0 bridgehead atoms. The van der Waals surface area contributed by atoms with E-state index in [1.54, 1.807) is 18.2 Å². The molecule has 0 unspecified atom stereocenters. The molecule has 3 rings (SSSR count). The van der Waals surface area contributed by atoms with Crippen LogP contribution in [-0.2, 0) is 14.8 Å². The van der Waals surface area contributed by atoms with Gasteiger partial charge < -0.3 is 14.4 Å². The lowest BCUT2D eigenvalue weighted by Crippen LogP contribution is -2.47. The zero-order valence-electron chi connectivity index (χ0n) is 17.5. The molecule has 1 aliphatic heterocycles. The van der Waals surface area contributed by atoms with Crippen molar-refractivity contribution < 1.29 is 22.7 Å². The smallest absolute Gasteiger partial charge is 0.337 e. The largest absolute Gasteiger partial charge is 0.491 e. The average Bonchev–Trinajstić information content (AvgIpc) is 3.51. The quantitative estimate of drug-likeness (QED) is 0.552. The number of carbonyl (C=O) groups excluding carboxylic acids is 1. The molecule has 29 heavy (non-hydrogen) atoms. The first kappa shape index (κ1) is 21.9. The lowest BCUT2D eigenvalue weighted by atomic mass is 10.2. The van der Waals surface area contributed by atoms with Crippen LogP contribution in [0, 0.1) is 5.92 Å². The van der Waals surface area contributed by atoms with Crippen LogP contribution in [0.2, 0.25) is 0 Å². The number of esters is 1. The van der Waals surface area contributed by atoms with Gasteiger partial charge in [-0.2, -0.15) is 0 Å². The summed E-state index contributed by atoms with van der Waals surface area (Å²) < 4.78 is 37.3. The lowest BCUT2D eigenvalue weighted by Gasteiger charge is -2.34. The van der Waals surface area contributed by atoms with Gasteiger partial charge in [-0.15, -0.1) is 0 Å². The number of benzene rings is 1. The Hall–Kier alpha value is -1.84. The van der Waals surface area contributed by atoms with E-state index >= 15 is 0 Å². The normalized spacial score (nSPS) is 18.4. The predicted molar refractivity (Wildman–Crippen MR) is 112 cm³/mol. The molecular formula is C20H31N3O5S. The number of rotatable bonds is 9. The Bertz CT molecular complexity index is 817. The Labute approximate surface area is 173 Å². The Kier molecular flexibility index (Phi) is 7.02. The van der Waals surface area contributed by atoms with E-state index in [4.69, 9.17) is 9.47 Å². The highest BCUT2D eigenvalue weighted by molar-refractivity contribution is 7.92. The van der Waals surface area contributed by atoms with E-state index in [9.17, 15) is 13.2 Å². The number of hydrogen-bond donors (Lipinski definition) is 0. The average molecular weight is 426 g/mol. The molecule has 1 saturated heterocycles. The van der Waals surface area contributed by atoms with Crippen LogP contribution in [0.15, 0.2) is 18.2 Å². The first-order chi connectivity index (χ1) is 13.8. The topological polar surface area (TPSA) is 79.4 Å². The predicted octanol–water partition coefficient (Wildman–Crippen LogP) is 1.28. The summed E-state index contributed by atoms with van der Waals surface area (Å²) in [5, 5.41) is 0. The van der Waals surface area contributed by atoms with E-state index in [1.807, 2.05) is 0 Å². The van der Waals surface area contributed by atoms with Crippen LogP contribution in [-0.4, -0.2) is 90.5 Å². The molecule has 1 saturated carbocycles. The number of piperazine rings is 1. The van der Waals surface area contributed by atoms with Crippen LogP contribution in [0.4, 0.5) is 5.69 Å². The number of hydrogen-bond acceptors (Lipinski definition) is 7. The highest BCUT2D eigenvalue weighted by atomic mass is 32.2. The maximum atomic E-state index is 12.6.